The molecule has 1 aromatic rings. The molecule has 1 aromatic carbocycles. The van der Waals surface area contributed by atoms with E-state index in [0.29, 0.717) is 0 Å². The molecule has 0 unspecified atom stereocenters. The largest absolute Gasteiger partial charge is 0.284 e. The van der Waals surface area contributed by atoms with E-state index in [4.69, 9.17) is 0 Å². The third-order valence-electron chi connectivity index (χ3n) is 5.12. The van der Waals surface area contributed by atoms with E-state index in [1.165, 1.54) is 4.90 Å². The molecule has 1 aliphatic carbocycles. The third kappa shape index (κ3) is 1.09. The van der Waals surface area contributed by atoms with Crippen LogP contribution in [0.25, 0.3) is 6.08 Å². The predicted octanol–water partition coefficient (Wildman–Crippen LogP) is 2.37. The summed E-state index contributed by atoms with van der Waals surface area (Å²) in [5.41, 5.74) is 1.38. The molecule has 1 aliphatic heterocycles. The Hall–Kier alpha value is -1.90. The van der Waals surface area contributed by atoms with Gasteiger partial charge in [-0.05, 0) is 31.9 Å². The summed E-state index contributed by atoms with van der Waals surface area (Å²) in [5, 5.41) is 0. The van der Waals surface area contributed by atoms with Crippen LogP contribution in [0.2, 0.25) is 0 Å². The number of benzene rings is 1. The van der Waals surface area contributed by atoms with E-state index in [1.807, 2.05) is 51.1 Å². The highest BCUT2D eigenvalue weighted by atomic mass is 16.2. The molecule has 98 valence electrons. The minimum Gasteiger partial charge on any atom is -0.284 e. The summed E-state index contributed by atoms with van der Waals surface area (Å²) in [6, 6.07) is 7.84. The van der Waals surface area contributed by atoms with Crippen molar-refractivity contribution >= 4 is 17.9 Å². The highest BCUT2D eigenvalue weighted by Gasteiger charge is 2.66. The zero-order chi connectivity index (χ0) is 14.0. The lowest BCUT2D eigenvalue weighted by Gasteiger charge is -2.41. The van der Waals surface area contributed by atoms with Crippen LogP contribution >= 0.6 is 0 Å². The van der Waals surface area contributed by atoms with Crippen LogP contribution in [-0.4, -0.2) is 23.8 Å². The average molecular weight is 255 g/mol. The number of carbonyl (C=O) groups is 2. The predicted molar refractivity (Wildman–Crippen MR) is 73.3 cm³/mol. The monoisotopic (exact) mass is 255 g/mol. The van der Waals surface area contributed by atoms with Gasteiger partial charge >= 0.3 is 0 Å². The Morgan fingerprint density at radius 1 is 1.00 bits per heavy atom. The Kier molecular flexibility index (Phi) is 2.14. The normalized spacial score (nSPS) is 33.1. The first-order valence-corrected chi connectivity index (χ1v) is 6.46. The van der Waals surface area contributed by atoms with Gasteiger partial charge in [0.2, 0.25) is 11.8 Å². The van der Waals surface area contributed by atoms with Gasteiger partial charge in [-0.3, -0.25) is 14.5 Å². The van der Waals surface area contributed by atoms with Crippen molar-refractivity contribution in [2.75, 3.05) is 7.05 Å². The summed E-state index contributed by atoms with van der Waals surface area (Å²) in [4.78, 5) is 26.5. The van der Waals surface area contributed by atoms with Crippen molar-refractivity contribution in [1.82, 2.24) is 4.90 Å². The lowest BCUT2D eigenvalue weighted by Crippen LogP contribution is -2.47. The Balaban J connectivity index is 2.42. The summed E-state index contributed by atoms with van der Waals surface area (Å²) in [6.45, 7) is 5.73. The maximum absolute atomic E-state index is 12.7. The van der Waals surface area contributed by atoms with Crippen LogP contribution in [-0.2, 0) is 15.0 Å². The smallest absolute Gasteiger partial charge is 0.240 e. The Morgan fingerprint density at radius 3 is 2.26 bits per heavy atom. The maximum atomic E-state index is 12.7. The van der Waals surface area contributed by atoms with Gasteiger partial charge in [-0.1, -0.05) is 35.9 Å². The number of nitrogens with zero attached hydrogens (tertiary/aromatic N) is 1. The second kappa shape index (κ2) is 3.35. The molecule has 0 N–H and O–H groups in total. The molecule has 1 saturated heterocycles. The Bertz CT molecular complexity index is 646. The lowest BCUT2D eigenvalue weighted by molar-refractivity contribution is -0.139. The first-order valence-electron chi connectivity index (χ1n) is 6.46. The average Bonchev–Trinajstić information content (AvgIpc) is 2.54. The van der Waals surface area contributed by atoms with Crippen molar-refractivity contribution in [3.05, 3.63) is 41.0 Å². The van der Waals surface area contributed by atoms with E-state index in [-0.39, 0.29) is 11.8 Å². The molecule has 1 fully saturated rings. The number of imide groups is 1. The number of likely N-dealkylation sites (tertiary alicyclic amines) is 1. The molecular weight excluding hydrogens is 238 g/mol. The molecule has 3 nitrogen and oxygen atoms in total. The Morgan fingerprint density at radius 2 is 1.58 bits per heavy atom. The quantitative estimate of drug-likeness (QED) is 0.667. The number of likely N-dealkylation sites (N-methyl/N-ethyl adjacent to an activating group) is 1. The van der Waals surface area contributed by atoms with Crippen LogP contribution in [0.1, 0.15) is 31.9 Å². The van der Waals surface area contributed by atoms with Crippen LogP contribution in [0.4, 0.5) is 0 Å². The molecule has 2 atom stereocenters. The van der Waals surface area contributed by atoms with E-state index in [9.17, 15) is 9.59 Å². The summed E-state index contributed by atoms with van der Waals surface area (Å²) < 4.78 is 0. The van der Waals surface area contributed by atoms with Crippen LogP contribution in [0.15, 0.2) is 29.8 Å². The van der Waals surface area contributed by atoms with Gasteiger partial charge in [0.25, 0.3) is 0 Å². The molecule has 0 bridgehead atoms. The fourth-order valence-corrected chi connectivity index (χ4v) is 3.59. The topological polar surface area (TPSA) is 37.4 Å². The summed E-state index contributed by atoms with van der Waals surface area (Å²) in [7, 11) is 1.58. The van der Waals surface area contributed by atoms with Gasteiger partial charge in [-0.15, -0.1) is 0 Å². The van der Waals surface area contributed by atoms with Crippen molar-refractivity contribution in [3.63, 3.8) is 0 Å². The highest BCUT2D eigenvalue weighted by molar-refractivity contribution is 6.15. The van der Waals surface area contributed by atoms with E-state index >= 15 is 0 Å². The van der Waals surface area contributed by atoms with Crippen LogP contribution in [0.5, 0.6) is 0 Å². The zero-order valence-electron chi connectivity index (χ0n) is 11.7. The molecule has 0 aromatic heterocycles. The van der Waals surface area contributed by atoms with E-state index in [0.717, 1.165) is 16.7 Å². The molecule has 0 saturated carbocycles. The van der Waals surface area contributed by atoms with Crippen LogP contribution in [0, 0.1) is 5.41 Å². The number of carbonyl (C=O) groups excluding carboxylic acids is 2. The van der Waals surface area contributed by atoms with Crippen molar-refractivity contribution in [1.29, 1.82) is 0 Å². The summed E-state index contributed by atoms with van der Waals surface area (Å²) in [5.74, 6) is -0.219. The van der Waals surface area contributed by atoms with E-state index < -0.39 is 10.8 Å². The second-order valence-electron chi connectivity index (χ2n) is 5.83. The van der Waals surface area contributed by atoms with Crippen molar-refractivity contribution in [3.8, 4) is 0 Å². The van der Waals surface area contributed by atoms with Crippen molar-refractivity contribution in [2.45, 2.75) is 26.2 Å². The maximum Gasteiger partial charge on any atom is 0.240 e. The van der Waals surface area contributed by atoms with Crippen molar-refractivity contribution < 1.29 is 9.59 Å². The first-order chi connectivity index (χ1) is 8.85. The highest BCUT2D eigenvalue weighted by Crippen LogP contribution is 2.57. The number of rotatable bonds is 0. The first kappa shape index (κ1) is 12.2. The molecule has 3 heteroatoms. The van der Waals surface area contributed by atoms with Crippen LogP contribution < -0.4 is 0 Å². The standard InChI is InChI=1S/C16H17NO2/c1-10-9-11-7-5-6-8-12(11)16(3)14(19)17(4)13(18)15(10,16)2/h5-9H,1-4H3/t15-,16+/m0/s1. The third-order valence-corrected chi connectivity index (χ3v) is 5.12. The molecule has 3 rings (SSSR count). The molecule has 2 amide bonds. The number of hydrogen-bond acceptors (Lipinski definition) is 2. The minimum absolute atomic E-state index is 0.108. The number of hydrogen-bond donors (Lipinski definition) is 0. The van der Waals surface area contributed by atoms with Gasteiger partial charge < -0.3 is 0 Å². The SMILES string of the molecule is CC1=Cc2ccccc2[C@]2(C)C(=O)N(C)C(=O)[C@]12C. The fraction of sp³-hybridized carbons (Fsp3) is 0.375. The van der Waals surface area contributed by atoms with E-state index in [2.05, 4.69) is 0 Å². The van der Waals surface area contributed by atoms with Gasteiger partial charge in [0.1, 0.15) is 0 Å². The van der Waals surface area contributed by atoms with E-state index in [1.54, 1.807) is 7.05 Å². The van der Waals surface area contributed by atoms with Gasteiger partial charge in [-0.25, -0.2) is 0 Å². The van der Waals surface area contributed by atoms with Gasteiger partial charge in [0, 0.05) is 7.05 Å². The fourth-order valence-electron chi connectivity index (χ4n) is 3.59. The molecule has 0 spiro atoms. The number of fused-ring (bicyclic) bond motifs is 3. The van der Waals surface area contributed by atoms with Gasteiger partial charge in [0.15, 0.2) is 0 Å². The molecule has 0 radical (unpaired) electrons. The minimum atomic E-state index is -0.797. The second-order valence-corrected chi connectivity index (χ2v) is 5.83. The Labute approximate surface area is 112 Å². The molecule has 2 aliphatic rings. The van der Waals surface area contributed by atoms with Gasteiger partial charge in [-0.2, -0.15) is 0 Å². The zero-order valence-corrected chi connectivity index (χ0v) is 11.7. The molecule has 19 heavy (non-hydrogen) atoms. The lowest BCUT2D eigenvalue weighted by atomic mass is 9.57. The molecule has 1 heterocycles. The summed E-state index contributed by atoms with van der Waals surface area (Å²) in [6.07, 6.45) is 2.03. The van der Waals surface area contributed by atoms with Crippen molar-refractivity contribution in [2.24, 2.45) is 5.41 Å². The van der Waals surface area contributed by atoms with Gasteiger partial charge in [0.05, 0.1) is 10.8 Å². The molecular formula is C16H17NO2. The summed E-state index contributed by atoms with van der Waals surface area (Å²) >= 11 is 0. The van der Waals surface area contributed by atoms with Crippen LogP contribution in [0.3, 0.4) is 0 Å². The number of amides is 2.